The lowest BCUT2D eigenvalue weighted by Crippen LogP contribution is -2.02. The number of allylic oxidation sites excluding steroid dienone is 1. The van der Waals surface area contributed by atoms with Gasteiger partial charge in [-0.3, -0.25) is 0 Å². The van der Waals surface area contributed by atoms with Crippen molar-refractivity contribution >= 4 is 33.4 Å². The second-order valence-electron chi connectivity index (χ2n) is 3.70. The molecule has 1 aliphatic rings. The number of thioether (sulfide) groups is 1. The van der Waals surface area contributed by atoms with Crippen molar-refractivity contribution in [3.05, 3.63) is 34.8 Å². The van der Waals surface area contributed by atoms with E-state index in [1.807, 2.05) is 23.9 Å². The minimum atomic E-state index is 0.599. The van der Waals surface area contributed by atoms with E-state index in [0.717, 1.165) is 10.2 Å². The van der Waals surface area contributed by atoms with Crippen LogP contribution in [0.25, 0.3) is 0 Å². The molecule has 1 aliphatic carbocycles. The highest BCUT2D eigenvalue weighted by Gasteiger charge is 2.11. The fourth-order valence-corrected chi connectivity index (χ4v) is 3.19. The van der Waals surface area contributed by atoms with Crippen LogP contribution >= 0.6 is 27.7 Å². The average Bonchev–Trinajstić information content (AvgIpc) is 2.24. The Kier molecular flexibility index (Phi) is 3.76. The van der Waals surface area contributed by atoms with E-state index in [9.17, 15) is 0 Å². The van der Waals surface area contributed by atoms with Crippen molar-refractivity contribution in [2.45, 2.75) is 29.4 Å². The molecule has 0 saturated carbocycles. The number of benzene rings is 1. The molecule has 3 heteroatoms. The van der Waals surface area contributed by atoms with Crippen LogP contribution in [0.5, 0.6) is 0 Å². The standard InChI is InChI=1S/C12H14BrNS/c13-9-6-7-12(11(14)8-9)15-10-4-2-1-3-5-10/h2,4,6-8,10H,1,3,5,14H2. The third-order valence-electron chi connectivity index (χ3n) is 2.46. The van der Waals surface area contributed by atoms with Crippen LogP contribution in [0.1, 0.15) is 19.3 Å². The summed E-state index contributed by atoms with van der Waals surface area (Å²) in [6.07, 6.45) is 8.36. The van der Waals surface area contributed by atoms with Crippen molar-refractivity contribution in [3.63, 3.8) is 0 Å². The van der Waals surface area contributed by atoms with Gasteiger partial charge in [0.05, 0.1) is 0 Å². The number of hydrogen-bond acceptors (Lipinski definition) is 2. The molecule has 0 fully saturated rings. The first-order valence-corrected chi connectivity index (χ1v) is 6.81. The summed E-state index contributed by atoms with van der Waals surface area (Å²) < 4.78 is 1.04. The van der Waals surface area contributed by atoms with Gasteiger partial charge in [-0.25, -0.2) is 0 Å². The lowest BCUT2D eigenvalue weighted by atomic mass is 10.1. The van der Waals surface area contributed by atoms with Gasteiger partial charge < -0.3 is 5.73 Å². The molecular formula is C12H14BrNS. The van der Waals surface area contributed by atoms with Crippen LogP contribution in [0.3, 0.4) is 0 Å². The van der Waals surface area contributed by atoms with Crippen LogP contribution in [-0.4, -0.2) is 5.25 Å². The maximum Gasteiger partial charge on any atom is 0.0463 e. The number of hydrogen-bond donors (Lipinski definition) is 1. The summed E-state index contributed by atoms with van der Waals surface area (Å²) in [7, 11) is 0. The normalized spacial score (nSPS) is 20.5. The molecule has 0 radical (unpaired) electrons. The Morgan fingerprint density at radius 3 is 2.93 bits per heavy atom. The topological polar surface area (TPSA) is 26.0 Å². The zero-order valence-corrected chi connectivity index (χ0v) is 10.9. The molecule has 0 spiro atoms. The molecule has 0 aromatic heterocycles. The van der Waals surface area contributed by atoms with Crippen LogP contribution in [-0.2, 0) is 0 Å². The molecule has 1 aromatic rings. The Balaban J connectivity index is 2.09. The Morgan fingerprint density at radius 2 is 2.27 bits per heavy atom. The van der Waals surface area contributed by atoms with E-state index < -0.39 is 0 Å². The minimum absolute atomic E-state index is 0.599. The maximum atomic E-state index is 5.96. The third-order valence-corrected chi connectivity index (χ3v) is 4.27. The van der Waals surface area contributed by atoms with Crippen molar-refractivity contribution in [2.24, 2.45) is 0 Å². The van der Waals surface area contributed by atoms with Gasteiger partial charge >= 0.3 is 0 Å². The van der Waals surface area contributed by atoms with Crippen molar-refractivity contribution in [2.75, 3.05) is 5.73 Å². The lowest BCUT2D eigenvalue weighted by Gasteiger charge is -2.16. The maximum absolute atomic E-state index is 5.96. The molecule has 0 saturated heterocycles. The quantitative estimate of drug-likeness (QED) is 0.649. The van der Waals surface area contributed by atoms with E-state index in [1.54, 1.807) is 0 Å². The first kappa shape index (κ1) is 11.1. The van der Waals surface area contributed by atoms with E-state index in [2.05, 4.69) is 34.1 Å². The SMILES string of the molecule is Nc1cc(Br)ccc1SC1C=CCCC1. The summed E-state index contributed by atoms with van der Waals surface area (Å²) in [5, 5.41) is 0.599. The minimum Gasteiger partial charge on any atom is -0.398 e. The van der Waals surface area contributed by atoms with E-state index in [1.165, 1.54) is 24.2 Å². The van der Waals surface area contributed by atoms with Gasteiger partial charge in [0.2, 0.25) is 0 Å². The highest BCUT2D eigenvalue weighted by molar-refractivity contribution is 9.10. The fraction of sp³-hybridized carbons (Fsp3) is 0.333. The summed E-state index contributed by atoms with van der Waals surface area (Å²) in [6.45, 7) is 0. The van der Waals surface area contributed by atoms with E-state index in [4.69, 9.17) is 5.73 Å². The van der Waals surface area contributed by atoms with Crippen molar-refractivity contribution in [3.8, 4) is 0 Å². The highest BCUT2D eigenvalue weighted by atomic mass is 79.9. The van der Waals surface area contributed by atoms with E-state index in [-0.39, 0.29) is 0 Å². The molecular weight excluding hydrogens is 270 g/mol. The van der Waals surface area contributed by atoms with Gasteiger partial charge in [-0.15, -0.1) is 11.8 Å². The molecule has 2 N–H and O–H groups in total. The monoisotopic (exact) mass is 283 g/mol. The van der Waals surface area contributed by atoms with E-state index in [0.29, 0.717) is 5.25 Å². The van der Waals surface area contributed by atoms with E-state index >= 15 is 0 Å². The Labute approximate surface area is 103 Å². The average molecular weight is 284 g/mol. The van der Waals surface area contributed by atoms with Crippen LogP contribution in [0.15, 0.2) is 39.7 Å². The van der Waals surface area contributed by atoms with Gasteiger partial charge in [-0.2, -0.15) is 0 Å². The molecule has 80 valence electrons. The molecule has 1 unspecified atom stereocenters. The second-order valence-corrected chi connectivity index (χ2v) is 5.89. The van der Waals surface area contributed by atoms with Crippen LogP contribution in [0.2, 0.25) is 0 Å². The molecule has 1 atom stereocenters. The second kappa shape index (κ2) is 5.08. The van der Waals surface area contributed by atoms with Gasteiger partial charge in [0.15, 0.2) is 0 Å². The number of anilines is 1. The zero-order chi connectivity index (χ0) is 10.7. The number of halogens is 1. The summed E-state index contributed by atoms with van der Waals surface area (Å²) in [4.78, 5) is 1.19. The first-order valence-electron chi connectivity index (χ1n) is 5.14. The molecule has 0 bridgehead atoms. The van der Waals surface area contributed by atoms with Crippen molar-refractivity contribution in [1.29, 1.82) is 0 Å². The summed E-state index contributed by atoms with van der Waals surface area (Å²) in [5.41, 5.74) is 6.83. The summed E-state index contributed by atoms with van der Waals surface area (Å²) in [5.74, 6) is 0. The molecule has 1 nitrogen and oxygen atoms in total. The number of nitrogen functional groups attached to an aromatic ring is 1. The van der Waals surface area contributed by atoms with Gasteiger partial charge in [0.1, 0.15) is 0 Å². The third kappa shape index (κ3) is 3.02. The molecule has 0 heterocycles. The molecule has 0 aliphatic heterocycles. The molecule has 0 amide bonds. The number of rotatable bonds is 2. The van der Waals surface area contributed by atoms with Crippen LogP contribution in [0, 0.1) is 0 Å². The Hall–Kier alpha value is -0.410. The summed E-state index contributed by atoms with van der Waals surface area (Å²) in [6, 6.07) is 6.10. The van der Waals surface area contributed by atoms with Crippen molar-refractivity contribution < 1.29 is 0 Å². The lowest BCUT2D eigenvalue weighted by molar-refractivity contribution is 0.741. The highest BCUT2D eigenvalue weighted by Crippen LogP contribution is 2.34. The van der Waals surface area contributed by atoms with Crippen molar-refractivity contribution in [1.82, 2.24) is 0 Å². The first-order chi connectivity index (χ1) is 7.25. The van der Waals surface area contributed by atoms with Gasteiger partial charge in [0.25, 0.3) is 0 Å². The zero-order valence-electron chi connectivity index (χ0n) is 8.45. The molecule has 15 heavy (non-hydrogen) atoms. The predicted molar refractivity (Wildman–Crippen MR) is 71.2 cm³/mol. The predicted octanol–water partition coefficient (Wildman–Crippen LogP) is 4.23. The Bertz CT molecular complexity index is 376. The van der Waals surface area contributed by atoms with Gasteiger partial charge in [0, 0.05) is 20.3 Å². The Morgan fingerprint density at radius 1 is 1.40 bits per heavy atom. The molecule has 2 rings (SSSR count). The van der Waals surface area contributed by atoms with Crippen LogP contribution < -0.4 is 5.73 Å². The molecule has 1 aromatic carbocycles. The summed E-state index contributed by atoms with van der Waals surface area (Å²) >= 11 is 5.29. The largest absolute Gasteiger partial charge is 0.398 e. The smallest absolute Gasteiger partial charge is 0.0463 e. The van der Waals surface area contributed by atoms with Gasteiger partial charge in [-0.05, 0) is 37.5 Å². The fourth-order valence-electron chi connectivity index (χ4n) is 1.67. The van der Waals surface area contributed by atoms with Crippen LogP contribution in [0.4, 0.5) is 5.69 Å². The number of nitrogens with two attached hydrogens (primary N) is 1. The van der Waals surface area contributed by atoms with Gasteiger partial charge in [-0.1, -0.05) is 28.1 Å².